The zero-order valence-corrected chi connectivity index (χ0v) is 13.6. The molecule has 3 amide bonds. The summed E-state index contributed by atoms with van der Waals surface area (Å²) in [6, 6.07) is 7.30. The molecule has 128 valence electrons. The minimum Gasteiger partial charge on any atom is -0.394 e. The molecule has 0 heterocycles. The van der Waals surface area contributed by atoms with E-state index in [4.69, 9.17) is 22.0 Å². The Morgan fingerprint density at radius 2 is 2.04 bits per heavy atom. The number of nitriles is 1. The minimum atomic E-state index is -1.04. The molecule has 1 atom stereocenters. The quantitative estimate of drug-likeness (QED) is 0.378. The molecule has 0 radical (unpaired) electrons. The number of halogens is 1. The maximum absolute atomic E-state index is 12.0. The fourth-order valence-corrected chi connectivity index (χ4v) is 1.79. The van der Waals surface area contributed by atoms with Gasteiger partial charge in [0.1, 0.15) is 11.6 Å². The predicted molar refractivity (Wildman–Crippen MR) is 88.0 cm³/mol. The molecule has 24 heavy (non-hydrogen) atoms. The van der Waals surface area contributed by atoms with Crippen LogP contribution in [-0.2, 0) is 4.79 Å². The molecule has 0 aliphatic carbocycles. The van der Waals surface area contributed by atoms with E-state index in [1.165, 1.54) is 6.92 Å². The molecule has 0 aliphatic heterocycles. The SMILES string of the molecule is C/C(NC[C@@H](O)CO)=C(\C#N)C(=O)NC(=O)Nc1ccccc1Cl. The van der Waals surface area contributed by atoms with Crippen LogP contribution in [0.4, 0.5) is 10.5 Å². The number of para-hydroxylation sites is 1. The number of nitrogens with zero attached hydrogens (tertiary/aromatic N) is 1. The molecule has 0 bridgehead atoms. The number of aliphatic hydroxyl groups excluding tert-OH is 2. The van der Waals surface area contributed by atoms with Crippen molar-refractivity contribution in [2.75, 3.05) is 18.5 Å². The number of benzene rings is 1. The molecular formula is C15H17ClN4O4. The second-order valence-corrected chi connectivity index (χ2v) is 5.12. The smallest absolute Gasteiger partial charge is 0.326 e. The van der Waals surface area contributed by atoms with E-state index in [0.717, 1.165) is 0 Å². The molecule has 0 spiro atoms. The number of anilines is 1. The standard InChI is InChI=1S/C15H17ClN4O4/c1-9(18-7-10(22)8-21)11(6-17)14(23)20-15(24)19-13-5-3-2-4-12(13)16/h2-5,10,18,21-22H,7-8H2,1H3,(H2,19,20,23,24)/b11-9-/t10-/m1/s1. The molecule has 1 rings (SSSR count). The normalized spacial score (nSPS) is 12.5. The Labute approximate surface area is 143 Å². The van der Waals surface area contributed by atoms with E-state index in [1.807, 2.05) is 5.32 Å². The summed E-state index contributed by atoms with van der Waals surface area (Å²) in [7, 11) is 0. The maximum atomic E-state index is 12.0. The Kier molecular flexibility index (Phi) is 7.71. The highest BCUT2D eigenvalue weighted by molar-refractivity contribution is 6.33. The van der Waals surface area contributed by atoms with Gasteiger partial charge in [-0.2, -0.15) is 5.26 Å². The first kappa shape index (κ1) is 19.4. The van der Waals surface area contributed by atoms with Crippen LogP contribution >= 0.6 is 11.6 Å². The summed E-state index contributed by atoms with van der Waals surface area (Å²) >= 11 is 5.89. The van der Waals surface area contributed by atoms with Crippen LogP contribution in [0.1, 0.15) is 6.92 Å². The van der Waals surface area contributed by atoms with Crippen LogP contribution in [0, 0.1) is 11.3 Å². The molecule has 0 unspecified atom stereocenters. The third kappa shape index (κ3) is 5.89. The number of carbonyl (C=O) groups is 2. The lowest BCUT2D eigenvalue weighted by molar-refractivity contribution is -0.116. The van der Waals surface area contributed by atoms with E-state index >= 15 is 0 Å². The van der Waals surface area contributed by atoms with Gasteiger partial charge in [0.25, 0.3) is 5.91 Å². The van der Waals surface area contributed by atoms with Gasteiger partial charge in [0, 0.05) is 12.2 Å². The second kappa shape index (κ2) is 9.52. The van der Waals surface area contributed by atoms with Crippen molar-refractivity contribution in [3.05, 3.63) is 40.6 Å². The van der Waals surface area contributed by atoms with Crippen molar-refractivity contribution in [2.24, 2.45) is 0 Å². The minimum absolute atomic E-state index is 0.0490. The fraction of sp³-hybridized carbons (Fsp3) is 0.267. The van der Waals surface area contributed by atoms with Gasteiger partial charge in [-0.05, 0) is 19.1 Å². The van der Waals surface area contributed by atoms with Crippen LogP contribution in [0.25, 0.3) is 0 Å². The van der Waals surface area contributed by atoms with E-state index in [2.05, 4.69) is 10.6 Å². The summed E-state index contributed by atoms with van der Waals surface area (Å²) in [6.45, 7) is 0.926. The Bertz CT molecular complexity index is 684. The van der Waals surface area contributed by atoms with Crippen LogP contribution < -0.4 is 16.0 Å². The summed E-state index contributed by atoms with van der Waals surface area (Å²) in [5, 5.41) is 34.4. The monoisotopic (exact) mass is 352 g/mol. The number of nitrogens with one attached hydrogen (secondary N) is 3. The number of urea groups is 1. The van der Waals surface area contributed by atoms with Gasteiger partial charge in [-0.1, -0.05) is 23.7 Å². The molecule has 0 aromatic heterocycles. The summed E-state index contributed by atoms with van der Waals surface area (Å²) in [5.74, 6) is -0.912. The van der Waals surface area contributed by atoms with E-state index in [9.17, 15) is 14.7 Å². The van der Waals surface area contributed by atoms with Crippen molar-refractivity contribution in [1.29, 1.82) is 5.26 Å². The highest BCUT2D eigenvalue weighted by atomic mass is 35.5. The molecule has 9 heteroatoms. The van der Waals surface area contributed by atoms with Crippen molar-refractivity contribution in [1.82, 2.24) is 10.6 Å². The van der Waals surface area contributed by atoms with Crippen LogP contribution in [-0.4, -0.2) is 41.4 Å². The zero-order chi connectivity index (χ0) is 18.1. The van der Waals surface area contributed by atoms with Gasteiger partial charge in [-0.15, -0.1) is 0 Å². The lowest BCUT2D eigenvalue weighted by Gasteiger charge is -2.12. The molecule has 0 saturated carbocycles. The van der Waals surface area contributed by atoms with Gasteiger partial charge in [-0.3, -0.25) is 10.1 Å². The van der Waals surface area contributed by atoms with E-state index in [1.54, 1.807) is 30.3 Å². The zero-order valence-electron chi connectivity index (χ0n) is 12.8. The van der Waals surface area contributed by atoms with Gasteiger partial charge in [0.05, 0.1) is 23.4 Å². The third-order valence-corrected chi connectivity index (χ3v) is 3.21. The largest absolute Gasteiger partial charge is 0.394 e. The van der Waals surface area contributed by atoms with Gasteiger partial charge in [0.15, 0.2) is 0 Å². The average Bonchev–Trinajstić information content (AvgIpc) is 2.55. The highest BCUT2D eigenvalue weighted by Crippen LogP contribution is 2.20. The first-order chi connectivity index (χ1) is 11.4. The summed E-state index contributed by atoms with van der Waals surface area (Å²) < 4.78 is 0. The fourth-order valence-electron chi connectivity index (χ4n) is 1.61. The van der Waals surface area contributed by atoms with E-state index in [0.29, 0.717) is 10.7 Å². The molecule has 5 N–H and O–H groups in total. The number of imide groups is 1. The summed E-state index contributed by atoms with van der Waals surface area (Å²) in [6.07, 6.45) is -1.04. The first-order valence-electron chi connectivity index (χ1n) is 6.89. The Morgan fingerprint density at radius 3 is 2.62 bits per heavy atom. The second-order valence-electron chi connectivity index (χ2n) is 4.72. The Balaban J connectivity index is 2.71. The molecule has 0 saturated heterocycles. The first-order valence-corrected chi connectivity index (χ1v) is 7.27. The molecule has 1 aromatic rings. The van der Waals surface area contributed by atoms with Gasteiger partial charge in [-0.25, -0.2) is 4.79 Å². The van der Waals surface area contributed by atoms with Crippen LogP contribution in [0.5, 0.6) is 0 Å². The van der Waals surface area contributed by atoms with Gasteiger partial charge < -0.3 is 20.8 Å². The number of carbonyl (C=O) groups excluding carboxylic acids is 2. The number of amides is 3. The van der Waals surface area contributed by atoms with Gasteiger partial charge in [0.2, 0.25) is 0 Å². The lowest BCUT2D eigenvalue weighted by Crippen LogP contribution is -2.37. The topological polar surface area (TPSA) is 134 Å². The van der Waals surface area contributed by atoms with Crippen molar-refractivity contribution in [3.8, 4) is 6.07 Å². The number of rotatable bonds is 6. The van der Waals surface area contributed by atoms with Crippen molar-refractivity contribution in [3.63, 3.8) is 0 Å². The molecular weight excluding hydrogens is 336 g/mol. The molecule has 0 aliphatic rings. The summed E-state index contributed by atoms with van der Waals surface area (Å²) in [4.78, 5) is 23.8. The lowest BCUT2D eigenvalue weighted by atomic mass is 10.2. The number of allylic oxidation sites excluding steroid dienone is 1. The van der Waals surface area contributed by atoms with Crippen LogP contribution in [0.2, 0.25) is 5.02 Å². The molecule has 1 aromatic carbocycles. The van der Waals surface area contributed by atoms with Crippen molar-refractivity contribution < 1.29 is 19.8 Å². The van der Waals surface area contributed by atoms with Crippen LogP contribution in [0.3, 0.4) is 0 Å². The van der Waals surface area contributed by atoms with Crippen molar-refractivity contribution >= 4 is 29.2 Å². The van der Waals surface area contributed by atoms with E-state index < -0.39 is 24.6 Å². The van der Waals surface area contributed by atoms with Gasteiger partial charge >= 0.3 is 6.03 Å². The Morgan fingerprint density at radius 1 is 1.38 bits per heavy atom. The number of hydrogen-bond donors (Lipinski definition) is 5. The third-order valence-electron chi connectivity index (χ3n) is 2.88. The molecule has 8 nitrogen and oxygen atoms in total. The number of hydrogen-bond acceptors (Lipinski definition) is 6. The van der Waals surface area contributed by atoms with Crippen molar-refractivity contribution in [2.45, 2.75) is 13.0 Å². The highest BCUT2D eigenvalue weighted by Gasteiger charge is 2.17. The van der Waals surface area contributed by atoms with Crippen LogP contribution in [0.15, 0.2) is 35.5 Å². The number of aliphatic hydroxyl groups is 2. The average molecular weight is 353 g/mol. The molecule has 0 fully saturated rings. The summed E-state index contributed by atoms with van der Waals surface area (Å²) in [5.41, 5.74) is 0.148. The predicted octanol–water partition coefficient (Wildman–Crippen LogP) is 0.728. The Hall–Kier alpha value is -2.60. The maximum Gasteiger partial charge on any atom is 0.326 e. The van der Waals surface area contributed by atoms with E-state index in [-0.39, 0.29) is 17.8 Å².